The number of nitrogens with zero attached hydrogens (tertiary/aromatic N) is 2. The fraction of sp³-hybridized carbons (Fsp3) is 0.231. The number of aromatic carboxylic acids is 1. The van der Waals surface area contributed by atoms with Gasteiger partial charge in [0.1, 0.15) is 4.88 Å². The van der Waals surface area contributed by atoms with Gasteiger partial charge in [-0.25, -0.2) is 4.79 Å². The summed E-state index contributed by atoms with van der Waals surface area (Å²) in [5.74, 6) is -0.902. The molecule has 0 amide bonds. The third-order valence-corrected chi connectivity index (χ3v) is 3.92. The molecule has 0 bridgehead atoms. The Labute approximate surface area is 109 Å². The average Bonchev–Trinajstić information content (AvgIpc) is 2.98. The second-order valence-corrected chi connectivity index (χ2v) is 5.09. The van der Waals surface area contributed by atoms with Crippen LogP contribution >= 0.6 is 11.5 Å². The van der Waals surface area contributed by atoms with Crippen LogP contribution in [0.5, 0.6) is 0 Å². The van der Waals surface area contributed by atoms with Gasteiger partial charge in [0.2, 0.25) is 0 Å². The molecule has 0 saturated heterocycles. The number of hydrogen-bond donors (Lipinski definition) is 1. The maximum Gasteiger partial charge on any atom is 0.347 e. The van der Waals surface area contributed by atoms with Crippen LogP contribution < -0.4 is 4.90 Å². The number of para-hydroxylation sites is 1. The second-order valence-electron chi connectivity index (χ2n) is 4.29. The van der Waals surface area contributed by atoms with Crippen molar-refractivity contribution in [3.8, 4) is 0 Å². The zero-order chi connectivity index (χ0) is 12.5. The molecule has 0 saturated carbocycles. The van der Waals surface area contributed by atoms with Gasteiger partial charge in [0.25, 0.3) is 0 Å². The van der Waals surface area contributed by atoms with E-state index >= 15 is 0 Å². The van der Waals surface area contributed by atoms with Gasteiger partial charge < -0.3 is 10.0 Å². The van der Waals surface area contributed by atoms with E-state index in [1.54, 1.807) is 6.07 Å². The van der Waals surface area contributed by atoms with Crippen LogP contribution in [-0.4, -0.2) is 22.0 Å². The Morgan fingerprint density at radius 3 is 3.06 bits per heavy atom. The lowest BCUT2D eigenvalue weighted by molar-refractivity contribution is 0.0702. The summed E-state index contributed by atoms with van der Waals surface area (Å²) < 4.78 is 4.19. The zero-order valence-electron chi connectivity index (χ0n) is 9.67. The number of fused-ring (bicyclic) bond motifs is 1. The largest absolute Gasteiger partial charge is 0.477 e. The van der Waals surface area contributed by atoms with Crippen molar-refractivity contribution < 1.29 is 9.90 Å². The molecule has 0 fully saturated rings. The van der Waals surface area contributed by atoms with E-state index in [1.807, 2.05) is 12.1 Å². The van der Waals surface area contributed by atoms with E-state index in [0.717, 1.165) is 30.2 Å². The lowest BCUT2D eigenvalue weighted by Gasteiger charge is -2.17. The van der Waals surface area contributed by atoms with E-state index in [1.165, 1.54) is 11.3 Å². The van der Waals surface area contributed by atoms with Gasteiger partial charge in [-0.3, -0.25) is 0 Å². The maximum absolute atomic E-state index is 10.8. The molecule has 1 N–H and O–H groups in total. The van der Waals surface area contributed by atoms with Crippen LogP contribution in [0.2, 0.25) is 0 Å². The maximum atomic E-state index is 10.8. The summed E-state index contributed by atoms with van der Waals surface area (Å²) >= 11 is 1.05. The number of benzene rings is 1. The van der Waals surface area contributed by atoms with Gasteiger partial charge in [-0.05, 0) is 35.6 Å². The molecule has 0 unspecified atom stereocenters. The Morgan fingerprint density at radius 1 is 1.44 bits per heavy atom. The number of carboxylic acids is 1. The van der Waals surface area contributed by atoms with Gasteiger partial charge in [0, 0.05) is 12.2 Å². The highest BCUT2D eigenvalue weighted by molar-refractivity contribution is 7.08. The standard InChI is InChI=1S/C13H12N2O2S/c16-13(17)12-7-10(14-18-12)8-15-6-5-9-3-1-2-4-11(9)15/h1-4,7H,5-6,8H2,(H,16,17). The molecule has 1 aliphatic rings. The van der Waals surface area contributed by atoms with E-state index in [2.05, 4.69) is 21.4 Å². The topological polar surface area (TPSA) is 53.4 Å². The van der Waals surface area contributed by atoms with Gasteiger partial charge in [0.05, 0.1) is 12.2 Å². The number of carbonyl (C=O) groups is 1. The highest BCUT2D eigenvalue weighted by atomic mass is 32.1. The molecule has 1 aliphatic heterocycles. The van der Waals surface area contributed by atoms with Crippen molar-refractivity contribution in [3.63, 3.8) is 0 Å². The van der Waals surface area contributed by atoms with Crippen molar-refractivity contribution in [1.82, 2.24) is 4.37 Å². The van der Waals surface area contributed by atoms with Gasteiger partial charge in [-0.2, -0.15) is 4.37 Å². The molecule has 2 heterocycles. The lowest BCUT2D eigenvalue weighted by Crippen LogP contribution is -2.19. The Morgan fingerprint density at radius 2 is 2.28 bits per heavy atom. The predicted octanol–water partition coefficient (Wildman–Crippen LogP) is 2.40. The Bertz CT molecular complexity index is 594. The van der Waals surface area contributed by atoms with Crippen LogP contribution in [-0.2, 0) is 13.0 Å². The first-order valence-electron chi connectivity index (χ1n) is 5.76. The first kappa shape index (κ1) is 11.2. The Balaban J connectivity index is 1.80. The molecule has 0 radical (unpaired) electrons. The SMILES string of the molecule is O=C(O)c1cc(CN2CCc3ccccc32)ns1. The third-order valence-electron chi connectivity index (χ3n) is 3.11. The normalized spacial score (nSPS) is 13.7. The first-order valence-corrected chi connectivity index (χ1v) is 6.53. The minimum Gasteiger partial charge on any atom is -0.477 e. The van der Waals surface area contributed by atoms with Crippen LogP contribution in [0.4, 0.5) is 5.69 Å². The van der Waals surface area contributed by atoms with Gasteiger partial charge in [0.15, 0.2) is 0 Å². The summed E-state index contributed by atoms with van der Waals surface area (Å²) in [6.45, 7) is 1.65. The molecule has 4 nitrogen and oxygen atoms in total. The molecule has 1 aromatic heterocycles. The quantitative estimate of drug-likeness (QED) is 0.920. The summed E-state index contributed by atoms with van der Waals surface area (Å²) in [6.07, 6.45) is 1.05. The smallest absolute Gasteiger partial charge is 0.347 e. The van der Waals surface area contributed by atoms with Crippen LogP contribution in [0.25, 0.3) is 0 Å². The van der Waals surface area contributed by atoms with Crippen LogP contribution in [0.1, 0.15) is 20.9 Å². The van der Waals surface area contributed by atoms with Crippen molar-refractivity contribution in [3.05, 3.63) is 46.5 Å². The highest BCUT2D eigenvalue weighted by Crippen LogP contribution is 2.28. The van der Waals surface area contributed by atoms with E-state index in [-0.39, 0.29) is 0 Å². The molecular weight excluding hydrogens is 248 g/mol. The number of carboxylic acid groups (broad SMARTS) is 1. The summed E-state index contributed by atoms with van der Waals surface area (Å²) in [6, 6.07) is 9.98. The number of rotatable bonds is 3. The van der Waals surface area contributed by atoms with Crippen LogP contribution in [0, 0.1) is 0 Å². The third kappa shape index (κ3) is 1.97. The minimum absolute atomic E-state index is 0.303. The number of aromatic nitrogens is 1. The highest BCUT2D eigenvalue weighted by Gasteiger charge is 2.19. The van der Waals surface area contributed by atoms with E-state index in [4.69, 9.17) is 5.11 Å². The molecule has 18 heavy (non-hydrogen) atoms. The minimum atomic E-state index is -0.902. The second kappa shape index (κ2) is 4.42. The molecule has 0 atom stereocenters. The van der Waals surface area contributed by atoms with Crippen LogP contribution in [0.15, 0.2) is 30.3 Å². The summed E-state index contributed by atoms with van der Waals surface area (Å²) in [4.78, 5) is 13.4. The van der Waals surface area contributed by atoms with E-state index < -0.39 is 5.97 Å². The van der Waals surface area contributed by atoms with Crippen molar-refractivity contribution in [2.45, 2.75) is 13.0 Å². The van der Waals surface area contributed by atoms with Crippen molar-refractivity contribution in [2.75, 3.05) is 11.4 Å². The van der Waals surface area contributed by atoms with Gasteiger partial charge >= 0.3 is 5.97 Å². The number of hydrogen-bond acceptors (Lipinski definition) is 4. The zero-order valence-corrected chi connectivity index (χ0v) is 10.5. The van der Waals surface area contributed by atoms with Crippen molar-refractivity contribution in [1.29, 1.82) is 0 Å². The molecule has 1 aromatic carbocycles. The molecule has 92 valence electrons. The first-order chi connectivity index (χ1) is 8.74. The monoisotopic (exact) mass is 260 g/mol. The van der Waals surface area contributed by atoms with Gasteiger partial charge in [-0.1, -0.05) is 18.2 Å². The summed E-state index contributed by atoms with van der Waals surface area (Å²) in [5, 5.41) is 8.87. The molecule has 0 spiro atoms. The van der Waals surface area contributed by atoms with Crippen molar-refractivity contribution >= 4 is 23.2 Å². The van der Waals surface area contributed by atoms with E-state index in [9.17, 15) is 4.79 Å². The molecule has 0 aliphatic carbocycles. The predicted molar refractivity (Wildman–Crippen MR) is 70.3 cm³/mol. The molecular formula is C13H12N2O2S. The Kier molecular flexibility index (Phi) is 2.76. The molecule has 2 aromatic rings. The van der Waals surface area contributed by atoms with E-state index in [0.29, 0.717) is 11.4 Å². The molecule has 3 rings (SSSR count). The van der Waals surface area contributed by atoms with Crippen LogP contribution in [0.3, 0.4) is 0 Å². The Hall–Kier alpha value is -1.88. The molecule has 5 heteroatoms. The fourth-order valence-electron chi connectivity index (χ4n) is 2.25. The lowest BCUT2D eigenvalue weighted by atomic mass is 10.2. The average molecular weight is 260 g/mol. The summed E-state index contributed by atoms with van der Waals surface area (Å²) in [5.41, 5.74) is 3.42. The summed E-state index contributed by atoms with van der Waals surface area (Å²) in [7, 11) is 0. The fourth-order valence-corrected chi connectivity index (χ4v) is 2.85. The van der Waals surface area contributed by atoms with Gasteiger partial charge in [-0.15, -0.1) is 0 Å². The van der Waals surface area contributed by atoms with Crippen molar-refractivity contribution in [2.24, 2.45) is 0 Å². The number of anilines is 1.